The Morgan fingerprint density at radius 2 is 1.82 bits per heavy atom. The van der Waals surface area contributed by atoms with E-state index in [9.17, 15) is 27.6 Å². The summed E-state index contributed by atoms with van der Waals surface area (Å²) >= 11 is 0. The summed E-state index contributed by atoms with van der Waals surface area (Å²) in [6.07, 6.45) is -1.53. The highest BCUT2D eigenvalue weighted by molar-refractivity contribution is 7.86. The highest BCUT2D eigenvalue weighted by Gasteiger charge is 2.56. The largest absolute Gasteiger partial charge is 0.468 e. The van der Waals surface area contributed by atoms with Gasteiger partial charge in [-0.3, -0.25) is 23.4 Å². The molecular formula is C23H30O9S. The number of carbonyl (C=O) groups excluding carboxylic acids is 4. The molecule has 0 saturated heterocycles. The molecule has 182 valence electrons. The molecule has 10 heteroatoms. The van der Waals surface area contributed by atoms with Crippen LogP contribution in [0.2, 0.25) is 0 Å². The van der Waals surface area contributed by atoms with E-state index in [-0.39, 0.29) is 43.0 Å². The van der Waals surface area contributed by atoms with Crippen LogP contribution in [0.25, 0.3) is 0 Å². The van der Waals surface area contributed by atoms with Gasteiger partial charge in [-0.05, 0) is 45.7 Å². The number of methoxy groups -OCH3 is 1. The van der Waals surface area contributed by atoms with Crippen molar-refractivity contribution >= 4 is 33.6 Å². The molecule has 0 radical (unpaired) electrons. The molecule has 0 bridgehead atoms. The lowest BCUT2D eigenvalue weighted by Gasteiger charge is -2.23. The first-order valence-corrected chi connectivity index (χ1v) is 12.2. The van der Waals surface area contributed by atoms with Gasteiger partial charge >= 0.3 is 11.9 Å². The number of carbonyl (C=O) groups is 4. The molecule has 1 aromatic rings. The molecule has 0 heterocycles. The molecule has 9 nitrogen and oxygen atoms in total. The standard InChI is InChI=1S/C23H30O9S/c1-5-31-21(26)14-23(22(27)30-4)13-17(12-20(23)25)19(24)11-8-16(3)32-33(28,29)18-9-6-15(2)7-10-18/h6-7,9-10,16-17H,5,8,11-14H2,1-4H3. The number of Topliss-reactive ketones (excluding diaryl/α,β-unsaturated/α-hetero) is 2. The molecule has 1 fully saturated rings. The minimum Gasteiger partial charge on any atom is -0.468 e. The lowest BCUT2D eigenvalue weighted by molar-refractivity contribution is -0.163. The van der Waals surface area contributed by atoms with E-state index in [0.29, 0.717) is 0 Å². The summed E-state index contributed by atoms with van der Waals surface area (Å²) < 4.78 is 39.6. The second-order valence-corrected chi connectivity index (χ2v) is 9.83. The molecule has 1 aliphatic rings. The van der Waals surface area contributed by atoms with Crippen molar-refractivity contribution in [3.8, 4) is 0 Å². The van der Waals surface area contributed by atoms with Gasteiger partial charge in [0.1, 0.15) is 11.2 Å². The van der Waals surface area contributed by atoms with Crippen molar-refractivity contribution in [3.05, 3.63) is 29.8 Å². The van der Waals surface area contributed by atoms with E-state index >= 15 is 0 Å². The molecule has 1 aromatic carbocycles. The molecule has 0 aromatic heterocycles. The molecule has 0 aliphatic heterocycles. The lowest BCUT2D eigenvalue weighted by atomic mass is 9.80. The molecule has 1 saturated carbocycles. The summed E-state index contributed by atoms with van der Waals surface area (Å²) in [6.45, 7) is 5.07. The van der Waals surface area contributed by atoms with E-state index in [1.807, 2.05) is 6.92 Å². The van der Waals surface area contributed by atoms with Crippen molar-refractivity contribution in [1.82, 2.24) is 0 Å². The van der Waals surface area contributed by atoms with Crippen LogP contribution in [0, 0.1) is 18.3 Å². The van der Waals surface area contributed by atoms with Gasteiger partial charge < -0.3 is 9.47 Å². The van der Waals surface area contributed by atoms with Crippen LogP contribution in [0.15, 0.2) is 29.2 Å². The first kappa shape index (κ1) is 26.7. The van der Waals surface area contributed by atoms with Gasteiger partial charge in [0.15, 0.2) is 5.78 Å². The van der Waals surface area contributed by atoms with Gasteiger partial charge in [0.05, 0.1) is 31.1 Å². The van der Waals surface area contributed by atoms with Crippen LogP contribution in [0.4, 0.5) is 0 Å². The van der Waals surface area contributed by atoms with Crippen LogP contribution >= 0.6 is 0 Å². The predicted molar refractivity (Wildman–Crippen MR) is 117 cm³/mol. The van der Waals surface area contributed by atoms with Crippen LogP contribution in [-0.2, 0) is 43.0 Å². The molecule has 2 rings (SSSR count). The Bertz CT molecular complexity index is 997. The van der Waals surface area contributed by atoms with Crippen LogP contribution in [0.1, 0.15) is 51.5 Å². The average Bonchev–Trinajstić information content (AvgIpc) is 3.08. The zero-order chi connectivity index (χ0) is 24.8. The maximum absolute atomic E-state index is 12.8. The van der Waals surface area contributed by atoms with Crippen molar-refractivity contribution in [2.75, 3.05) is 13.7 Å². The fourth-order valence-electron chi connectivity index (χ4n) is 3.92. The summed E-state index contributed by atoms with van der Waals surface area (Å²) in [5.41, 5.74) is -0.831. The number of esters is 2. The van der Waals surface area contributed by atoms with E-state index in [1.54, 1.807) is 19.1 Å². The molecule has 0 spiro atoms. The van der Waals surface area contributed by atoms with Crippen LogP contribution in [0.5, 0.6) is 0 Å². The Labute approximate surface area is 193 Å². The molecule has 33 heavy (non-hydrogen) atoms. The van der Waals surface area contributed by atoms with Crippen LogP contribution in [0.3, 0.4) is 0 Å². The monoisotopic (exact) mass is 482 g/mol. The summed E-state index contributed by atoms with van der Waals surface area (Å²) in [6, 6.07) is 6.21. The quantitative estimate of drug-likeness (QED) is 0.265. The number of ether oxygens (including phenoxy) is 2. The summed E-state index contributed by atoms with van der Waals surface area (Å²) in [5.74, 6) is -3.19. The van der Waals surface area contributed by atoms with E-state index < -0.39 is 51.7 Å². The van der Waals surface area contributed by atoms with E-state index in [4.69, 9.17) is 13.7 Å². The van der Waals surface area contributed by atoms with Crippen molar-refractivity contribution in [1.29, 1.82) is 0 Å². The van der Waals surface area contributed by atoms with Gasteiger partial charge in [0.2, 0.25) is 0 Å². The number of ketones is 2. The normalized spacial score (nSPS) is 21.5. The summed E-state index contributed by atoms with van der Waals surface area (Å²) in [4.78, 5) is 49.8. The lowest BCUT2D eigenvalue weighted by Crippen LogP contribution is -2.39. The van der Waals surface area contributed by atoms with Crippen LogP contribution < -0.4 is 0 Å². The van der Waals surface area contributed by atoms with Gasteiger partial charge in [0.25, 0.3) is 10.1 Å². The molecular weight excluding hydrogens is 452 g/mol. The SMILES string of the molecule is CCOC(=O)CC1(C(=O)OC)CC(C(=O)CCC(C)OS(=O)(=O)c2ccc(C)cc2)CC1=O. The fraction of sp³-hybridized carbons (Fsp3) is 0.565. The third-order valence-electron chi connectivity index (χ3n) is 5.74. The fourth-order valence-corrected chi connectivity index (χ4v) is 5.03. The molecule has 0 N–H and O–H groups in total. The van der Waals surface area contributed by atoms with Gasteiger partial charge in [-0.25, -0.2) is 0 Å². The van der Waals surface area contributed by atoms with Crippen LogP contribution in [-0.4, -0.2) is 51.7 Å². The third-order valence-corrected chi connectivity index (χ3v) is 7.17. The van der Waals surface area contributed by atoms with Crippen molar-refractivity contribution in [3.63, 3.8) is 0 Å². The van der Waals surface area contributed by atoms with Gasteiger partial charge in [-0.15, -0.1) is 0 Å². The van der Waals surface area contributed by atoms with E-state index in [2.05, 4.69) is 0 Å². The average molecular weight is 483 g/mol. The van der Waals surface area contributed by atoms with E-state index in [0.717, 1.165) is 12.7 Å². The van der Waals surface area contributed by atoms with Gasteiger partial charge in [-0.2, -0.15) is 8.42 Å². The first-order chi connectivity index (χ1) is 15.4. The number of rotatable bonds is 11. The van der Waals surface area contributed by atoms with Crippen molar-refractivity contribution < 1.29 is 41.3 Å². The Balaban J connectivity index is 2.00. The number of hydrogen-bond donors (Lipinski definition) is 0. The molecule has 3 atom stereocenters. The maximum atomic E-state index is 12.8. The summed E-state index contributed by atoms with van der Waals surface area (Å²) in [7, 11) is -2.87. The van der Waals surface area contributed by atoms with Gasteiger partial charge in [-0.1, -0.05) is 17.7 Å². The number of benzene rings is 1. The van der Waals surface area contributed by atoms with E-state index in [1.165, 1.54) is 19.1 Å². The number of aryl methyl sites for hydroxylation is 1. The molecule has 0 amide bonds. The zero-order valence-electron chi connectivity index (χ0n) is 19.3. The Kier molecular flexibility index (Phi) is 8.90. The van der Waals surface area contributed by atoms with Gasteiger partial charge in [0, 0.05) is 18.8 Å². The highest BCUT2D eigenvalue weighted by atomic mass is 32.2. The first-order valence-electron chi connectivity index (χ1n) is 10.7. The Morgan fingerprint density at radius 1 is 1.18 bits per heavy atom. The highest BCUT2D eigenvalue weighted by Crippen LogP contribution is 2.44. The zero-order valence-corrected chi connectivity index (χ0v) is 20.1. The minimum atomic E-state index is -3.98. The minimum absolute atomic E-state index is 0.0227. The summed E-state index contributed by atoms with van der Waals surface area (Å²) in [5, 5.41) is 0. The topological polar surface area (TPSA) is 130 Å². The Morgan fingerprint density at radius 3 is 2.39 bits per heavy atom. The maximum Gasteiger partial charge on any atom is 0.319 e. The molecule has 1 aliphatic carbocycles. The number of hydrogen-bond acceptors (Lipinski definition) is 9. The van der Waals surface area contributed by atoms with Crippen molar-refractivity contribution in [2.24, 2.45) is 11.3 Å². The third kappa shape index (κ3) is 6.48. The van der Waals surface area contributed by atoms with Crippen molar-refractivity contribution in [2.45, 2.75) is 63.9 Å². The second-order valence-electron chi connectivity index (χ2n) is 8.26. The molecule has 3 unspecified atom stereocenters. The predicted octanol–water partition coefficient (Wildman–Crippen LogP) is 2.53. The smallest absolute Gasteiger partial charge is 0.319 e. The Hall–Kier alpha value is -2.59. The second kappa shape index (κ2) is 11.0.